The molecule has 0 saturated carbocycles. The molecular formula is C40H52N8O14. The first-order chi connectivity index (χ1) is 29.4. The van der Waals surface area contributed by atoms with E-state index in [1.165, 1.54) is 0 Å². The first-order valence-corrected chi connectivity index (χ1v) is 19.3. The Morgan fingerprint density at radius 2 is 1.05 bits per heavy atom. The third-order valence-electron chi connectivity index (χ3n) is 8.35. The van der Waals surface area contributed by atoms with E-state index in [4.69, 9.17) is 18.9 Å². The lowest BCUT2D eigenvalue weighted by Gasteiger charge is -2.29. The molecule has 2 aromatic carbocycles. The summed E-state index contributed by atoms with van der Waals surface area (Å²) in [7, 11) is 0. The monoisotopic (exact) mass is 868 g/mol. The molecule has 0 aliphatic heterocycles. The van der Waals surface area contributed by atoms with Crippen LogP contribution in [0.15, 0.2) is 60.7 Å². The zero-order valence-electron chi connectivity index (χ0n) is 34.9. The summed E-state index contributed by atoms with van der Waals surface area (Å²) in [6.07, 6.45) is 0.0299. The maximum atomic E-state index is 13.1. The van der Waals surface area contributed by atoms with Gasteiger partial charge in [-0.1, -0.05) is 24.3 Å². The number of nitriles is 2. The van der Waals surface area contributed by atoms with E-state index in [0.717, 1.165) is 12.2 Å². The average Bonchev–Trinajstić information content (AvgIpc) is 3.23. The minimum absolute atomic E-state index is 0.000200. The number of ether oxygens (including phenoxy) is 4. The topological polar surface area (TPSA) is 306 Å². The highest BCUT2D eigenvalue weighted by Gasteiger charge is 2.25. The van der Waals surface area contributed by atoms with Gasteiger partial charge in [0.05, 0.1) is 24.3 Å². The zero-order chi connectivity index (χ0) is 46.0. The van der Waals surface area contributed by atoms with Gasteiger partial charge in [0.25, 0.3) is 10.2 Å². The predicted octanol–water partition coefficient (Wildman–Crippen LogP) is 2.21. The van der Waals surface area contributed by atoms with Gasteiger partial charge < -0.3 is 49.9 Å². The molecule has 0 radical (unpaired) electrons. The minimum Gasteiger partial charge on any atom is -0.488 e. The Bertz CT molecular complexity index is 1790. The molecule has 0 bridgehead atoms. The van der Waals surface area contributed by atoms with Gasteiger partial charge in [-0.3, -0.25) is 9.59 Å². The highest BCUT2D eigenvalue weighted by molar-refractivity contribution is 5.91. The fourth-order valence-electron chi connectivity index (χ4n) is 5.01. The Morgan fingerprint density at radius 3 is 1.40 bits per heavy atom. The number of esters is 2. The van der Waals surface area contributed by atoms with E-state index in [0.29, 0.717) is 0 Å². The minimum atomic E-state index is -0.980. The van der Waals surface area contributed by atoms with Gasteiger partial charge in [0.15, 0.2) is 0 Å². The van der Waals surface area contributed by atoms with Gasteiger partial charge in [-0.25, -0.2) is 9.59 Å². The Morgan fingerprint density at radius 1 is 0.677 bits per heavy atom. The summed E-state index contributed by atoms with van der Waals surface area (Å²) in [6, 6.07) is 16.9. The second kappa shape index (κ2) is 26.9. The van der Waals surface area contributed by atoms with Crippen LogP contribution in [-0.4, -0.2) is 110 Å². The Labute approximate surface area is 358 Å². The van der Waals surface area contributed by atoms with Crippen LogP contribution in [0.2, 0.25) is 0 Å². The summed E-state index contributed by atoms with van der Waals surface area (Å²) in [5.41, 5.74) is -1.02. The van der Waals surface area contributed by atoms with Crippen molar-refractivity contribution in [1.82, 2.24) is 21.3 Å². The van der Waals surface area contributed by atoms with Crippen LogP contribution in [0, 0.1) is 42.9 Å². The molecule has 2 amide bonds. The molecule has 0 spiro atoms. The second-order valence-corrected chi connectivity index (χ2v) is 14.7. The number of hydrogen-bond donors (Lipinski definition) is 4. The van der Waals surface area contributed by atoms with Gasteiger partial charge >= 0.3 is 11.9 Å². The highest BCUT2D eigenvalue weighted by Crippen LogP contribution is 2.18. The lowest BCUT2D eigenvalue weighted by Crippen LogP contribution is -2.52. The maximum Gasteiger partial charge on any atom is 0.331 e. The first kappa shape index (κ1) is 51.1. The smallest absolute Gasteiger partial charge is 0.331 e. The van der Waals surface area contributed by atoms with E-state index >= 15 is 0 Å². The highest BCUT2D eigenvalue weighted by atomic mass is 17.0. The third kappa shape index (κ3) is 22.4. The summed E-state index contributed by atoms with van der Waals surface area (Å²) < 4.78 is 22.9. The number of amides is 2. The van der Waals surface area contributed by atoms with Gasteiger partial charge in [0.1, 0.15) is 49.1 Å². The molecule has 22 nitrogen and oxygen atoms in total. The van der Waals surface area contributed by atoms with Crippen LogP contribution in [-0.2, 0) is 38.3 Å². The number of hydrogen-bond acceptors (Lipinski definition) is 18. The molecule has 336 valence electrons. The molecule has 0 aliphatic rings. The lowest BCUT2D eigenvalue weighted by molar-refractivity contribution is -0.757. The summed E-state index contributed by atoms with van der Waals surface area (Å²) in [4.78, 5) is 79.7. The van der Waals surface area contributed by atoms with Crippen molar-refractivity contribution in [1.29, 1.82) is 10.5 Å². The molecule has 0 saturated heterocycles. The molecule has 4 N–H and O–H groups in total. The average molecular weight is 869 g/mol. The summed E-state index contributed by atoms with van der Waals surface area (Å²) in [5, 5.41) is 49.6. The Kier molecular flexibility index (Phi) is 22.2. The van der Waals surface area contributed by atoms with Gasteiger partial charge in [0, 0.05) is 62.3 Å². The van der Waals surface area contributed by atoms with Crippen LogP contribution in [0.4, 0.5) is 0 Å². The van der Waals surface area contributed by atoms with Crippen molar-refractivity contribution in [3.8, 4) is 23.6 Å². The van der Waals surface area contributed by atoms with Crippen molar-refractivity contribution in [2.75, 3.05) is 52.6 Å². The van der Waals surface area contributed by atoms with Crippen LogP contribution >= 0.6 is 0 Å². The molecule has 0 aromatic heterocycles. The van der Waals surface area contributed by atoms with Crippen molar-refractivity contribution in [3.63, 3.8) is 0 Å². The number of nitrogens with zero attached hydrogens (tertiary/aromatic N) is 4. The molecular weight excluding hydrogens is 816 g/mol. The fraction of sp³-hybridized carbons (Fsp3) is 0.500. The van der Waals surface area contributed by atoms with Gasteiger partial charge in [0.2, 0.25) is 11.8 Å². The van der Waals surface area contributed by atoms with E-state index in [-0.39, 0.29) is 113 Å². The SMILES string of the molecule is CC(C)(CNC(=O)CCCO[N+](=O)[O-])NCC(COc1ccccc1C#N)OC(=O)/C=C/C(=O)OC(CNC(C)(C)CNC(=O)CCCO[N+](=O)[O-])COc1ccccc1C#N. The number of carbonyl (C=O) groups excluding carboxylic acids is 4. The van der Waals surface area contributed by atoms with E-state index < -0.39 is 45.4 Å². The number of benzene rings is 2. The largest absolute Gasteiger partial charge is 0.488 e. The molecule has 2 unspecified atom stereocenters. The summed E-state index contributed by atoms with van der Waals surface area (Å²) >= 11 is 0. The van der Waals surface area contributed by atoms with Crippen molar-refractivity contribution in [3.05, 3.63) is 92.0 Å². The summed E-state index contributed by atoms with van der Waals surface area (Å²) in [6.45, 7) is 6.48. The van der Waals surface area contributed by atoms with Crippen LogP contribution in [0.3, 0.4) is 0 Å². The fourth-order valence-corrected chi connectivity index (χ4v) is 5.01. The second-order valence-electron chi connectivity index (χ2n) is 14.7. The predicted molar refractivity (Wildman–Crippen MR) is 217 cm³/mol. The Hall–Kier alpha value is -7.04. The van der Waals surface area contributed by atoms with Crippen LogP contribution in [0.25, 0.3) is 0 Å². The van der Waals surface area contributed by atoms with E-state index in [1.54, 1.807) is 76.2 Å². The Balaban J connectivity index is 2.10. The van der Waals surface area contributed by atoms with Crippen LogP contribution in [0.5, 0.6) is 11.5 Å². The standard InChI is InChI=1S/C40H52N8O14/c1-39(2,27-43-35(49)15-9-19-59-47(53)54)45-23-31(25-57-33-13-7-5-11-29(33)21-41)61-37(51)17-18-38(52)62-32(26-58-34-14-8-6-12-30(34)22-42)24-46-40(3,4)28-44-36(50)16-10-20-60-48(55)56/h5-8,11-14,17-18,31-32,45-46H,9-10,15-16,19-20,23-28H2,1-4H3,(H,43,49)(H,44,50)/b18-17+. The maximum absolute atomic E-state index is 13.1. The zero-order valence-corrected chi connectivity index (χ0v) is 34.9. The van der Waals surface area contributed by atoms with Crippen molar-refractivity contribution >= 4 is 23.8 Å². The molecule has 0 aliphatic carbocycles. The number of carbonyl (C=O) groups is 4. The molecule has 2 atom stereocenters. The normalized spacial score (nSPS) is 12.1. The van der Waals surface area contributed by atoms with E-state index in [2.05, 4.69) is 30.9 Å². The molecule has 22 heteroatoms. The summed E-state index contributed by atoms with van der Waals surface area (Å²) in [5.74, 6) is -2.11. The quantitative estimate of drug-likeness (QED) is 0.0288. The number of nitrogens with one attached hydrogen (secondary N) is 4. The lowest BCUT2D eigenvalue weighted by atomic mass is 10.1. The number of para-hydroxylation sites is 2. The molecule has 62 heavy (non-hydrogen) atoms. The van der Waals surface area contributed by atoms with Gasteiger partial charge in [-0.15, -0.1) is 20.2 Å². The molecule has 2 aromatic rings. The first-order valence-electron chi connectivity index (χ1n) is 19.3. The van der Waals surface area contributed by atoms with E-state index in [9.17, 15) is 49.9 Å². The van der Waals surface area contributed by atoms with Crippen molar-refractivity contribution in [2.24, 2.45) is 0 Å². The van der Waals surface area contributed by atoms with Crippen molar-refractivity contribution in [2.45, 2.75) is 76.7 Å². The van der Waals surface area contributed by atoms with Crippen LogP contribution in [0.1, 0.15) is 64.5 Å². The van der Waals surface area contributed by atoms with Crippen LogP contribution < -0.4 is 30.7 Å². The van der Waals surface area contributed by atoms with Crippen molar-refractivity contribution < 1.29 is 58.0 Å². The number of rotatable bonds is 30. The van der Waals surface area contributed by atoms with Gasteiger partial charge in [-0.2, -0.15) is 10.5 Å². The molecule has 0 fully saturated rings. The van der Waals surface area contributed by atoms with E-state index in [1.807, 2.05) is 12.1 Å². The third-order valence-corrected chi connectivity index (χ3v) is 8.35. The molecule has 2 rings (SSSR count). The molecule has 0 heterocycles. The van der Waals surface area contributed by atoms with Gasteiger partial charge in [-0.05, 0) is 64.8 Å².